The van der Waals surface area contributed by atoms with Crippen molar-refractivity contribution >= 4 is 16.0 Å². The Morgan fingerprint density at radius 3 is 2.56 bits per heavy atom. The van der Waals surface area contributed by atoms with Gasteiger partial charge in [0.05, 0.1) is 0 Å². The molecule has 0 radical (unpaired) electrons. The molecule has 0 amide bonds. The van der Waals surface area contributed by atoms with Crippen LogP contribution in [0.15, 0.2) is 0 Å². The molecule has 0 saturated heterocycles. The van der Waals surface area contributed by atoms with E-state index in [-0.39, 0.29) is 5.92 Å². The van der Waals surface area contributed by atoms with E-state index in [0.29, 0.717) is 6.54 Å². The molecule has 0 aliphatic rings. The summed E-state index contributed by atoms with van der Waals surface area (Å²) in [6.45, 7) is 4.39. The normalized spacial score (nSPS) is 17.9. The van der Waals surface area contributed by atoms with E-state index in [1.165, 1.54) is 0 Å². The van der Waals surface area contributed by atoms with Crippen molar-refractivity contribution in [2.24, 2.45) is 5.92 Å². The van der Waals surface area contributed by atoms with Gasteiger partial charge in [-0.2, -0.15) is 0 Å². The lowest BCUT2D eigenvalue weighted by atomic mass is 10.00. The summed E-state index contributed by atoms with van der Waals surface area (Å²) in [6.07, 6.45) is 3.99. The van der Waals surface area contributed by atoms with E-state index in [1.54, 1.807) is 0 Å². The lowest BCUT2D eigenvalue weighted by Gasteiger charge is -2.15. The van der Waals surface area contributed by atoms with Crippen molar-refractivity contribution < 1.29 is 23.2 Å². The molecule has 0 aliphatic heterocycles. The molecule has 0 bridgehead atoms. The SMILES string of the molecule is CCCCC(CC)CNP(=O)(O)O[P+](=O)O. The molecule has 0 aliphatic carbocycles. The summed E-state index contributed by atoms with van der Waals surface area (Å²) in [5.41, 5.74) is 0. The van der Waals surface area contributed by atoms with Gasteiger partial charge in [-0.1, -0.05) is 33.1 Å². The average molecular weight is 272 g/mol. The lowest BCUT2D eigenvalue weighted by Crippen LogP contribution is -2.20. The van der Waals surface area contributed by atoms with E-state index < -0.39 is 16.0 Å². The van der Waals surface area contributed by atoms with E-state index in [2.05, 4.69) is 16.3 Å². The Bertz CT molecular complexity index is 261. The van der Waals surface area contributed by atoms with E-state index >= 15 is 0 Å². The minimum atomic E-state index is -4.13. The highest BCUT2D eigenvalue weighted by Crippen LogP contribution is 2.45. The van der Waals surface area contributed by atoms with Crippen LogP contribution in [-0.2, 0) is 13.4 Å². The molecule has 3 atom stereocenters. The van der Waals surface area contributed by atoms with Crippen LogP contribution in [0.5, 0.6) is 0 Å². The van der Waals surface area contributed by atoms with Gasteiger partial charge in [0.15, 0.2) is 0 Å². The zero-order valence-electron chi connectivity index (χ0n) is 9.63. The summed E-state index contributed by atoms with van der Waals surface area (Å²) in [4.78, 5) is 17.5. The van der Waals surface area contributed by atoms with Crippen LogP contribution in [0.1, 0.15) is 39.5 Å². The van der Waals surface area contributed by atoms with Crippen LogP contribution in [0.2, 0.25) is 0 Å². The Labute approximate surface area is 96.9 Å². The number of nitrogens with one attached hydrogen (secondary N) is 1. The highest BCUT2D eigenvalue weighted by atomic mass is 31.2. The fourth-order valence-corrected chi connectivity index (χ4v) is 2.79. The third kappa shape index (κ3) is 8.34. The van der Waals surface area contributed by atoms with Gasteiger partial charge in [-0.05, 0) is 16.6 Å². The Balaban J connectivity index is 3.99. The van der Waals surface area contributed by atoms with Gasteiger partial charge in [0.1, 0.15) is 0 Å². The van der Waals surface area contributed by atoms with Crippen LogP contribution in [-0.4, -0.2) is 16.3 Å². The first-order valence-electron chi connectivity index (χ1n) is 5.35. The molecule has 6 nitrogen and oxygen atoms in total. The Hall–Kier alpha value is 0.170. The number of rotatable bonds is 9. The molecule has 0 heterocycles. The second-order valence-electron chi connectivity index (χ2n) is 3.62. The summed E-state index contributed by atoms with van der Waals surface area (Å²) >= 11 is 0. The summed E-state index contributed by atoms with van der Waals surface area (Å²) in [6, 6.07) is 0. The first-order valence-corrected chi connectivity index (χ1v) is 8.05. The summed E-state index contributed by atoms with van der Waals surface area (Å²) in [5, 5.41) is 2.30. The maximum atomic E-state index is 11.2. The standard InChI is InChI=1S/C8H19NO5P2/c1-3-5-6-8(4-2)7-9-16(12,13)14-15(10)11/h8H,3-7H2,1-2H3,(H2-,9,10,11,12,13)/p+1. The molecule has 0 aromatic rings. The second kappa shape index (κ2) is 8.29. The molecule has 8 heteroatoms. The first kappa shape index (κ1) is 16.2. The highest BCUT2D eigenvalue weighted by molar-refractivity contribution is 7.58. The molecule has 16 heavy (non-hydrogen) atoms. The zero-order chi connectivity index (χ0) is 12.6. The van der Waals surface area contributed by atoms with Gasteiger partial charge < -0.3 is 4.89 Å². The summed E-state index contributed by atoms with van der Waals surface area (Å²) in [5.74, 6) is 0.278. The largest absolute Gasteiger partial charge is 0.704 e. The van der Waals surface area contributed by atoms with Crippen LogP contribution >= 0.6 is 16.0 Å². The molecule has 3 N–H and O–H groups in total. The van der Waals surface area contributed by atoms with Crippen LogP contribution < -0.4 is 5.09 Å². The predicted octanol–water partition coefficient (Wildman–Crippen LogP) is 2.56. The van der Waals surface area contributed by atoms with Crippen molar-refractivity contribution in [1.82, 2.24) is 5.09 Å². The van der Waals surface area contributed by atoms with Crippen molar-refractivity contribution in [3.63, 3.8) is 0 Å². The molecular formula is C8H20NO5P2+. The van der Waals surface area contributed by atoms with Gasteiger partial charge in [-0.25, -0.2) is 9.65 Å². The van der Waals surface area contributed by atoms with E-state index in [1.807, 2.05) is 6.92 Å². The summed E-state index contributed by atoms with van der Waals surface area (Å²) in [7, 11) is -7.19. The lowest BCUT2D eigenvalue weighted by molar-refractivity contribution is 0.330. The van der Waals surface area contributed by atoms with Crippen molar-refractivity contribution in [3.05, 3.63) is 0 Å². The third-order valence-corrected chi connectivity index (χ3v) is 4.33. The van der Waals surface area contributed by atoms with Gasteiger partial charge >= 0.3 is 16.0 Å². The monoisotopic (exact) mass is 272 g/mol. The molecule has 0 rings (SSSR count). The molecule has 3 unspecified atom stereocenters. The minimum Gasteiger partial charge on any atom is -0.310 e. The Kier molecular flexibility index (Phi) is 8.38. The molecular weight excluding hydrogens is 252 g/mol. The Morgan fingerprint density at radius 1 is 1.50 bits per heavy atom. The van der Waals surface area contributed by atoms with Crippen molar-refractivity contribution in [2.45, 2.75) is 39.5 Å². The molecule has 0 spiro atoms. The quantitative estimate of drug-likeness (QED) is 0.558. The highest BCUT2D eigenvalue weighted by Gasteiger charge is 2.32. The average Bonchev–Trinajstić information content (AvgIpc) is 2.16. The maximum absolute atomic E-state index is 11.2. The van der Waals surface area contributed by atoms with E-state index in [0.717, 1.165) is 25.7 Å². The molecule has 96 valence electrons. The van der Waals surface area contributed by atoms with E-state index in [9.17, 15) is 9.13 Å². The van der Waals surface area contributed by atoms with Crippen LogP contribution in [0.4, 0.5) is 0 Å². The van der Waals surface area contributed by atoms with Crippen LogP contribution in [0, 0.1) is 5.92 Å². The first-order chi connectivity index (χ1) is 7.41. The van der Waals surface area contributed by atoms with Gasteiger partial charge in [-0.3, -0.25) is 0 Å². The van der Waals surface area contributed by atoms with E-state index in [4.69, 9.17) is 9.79 Å². The maximum Gasteiger partial charge on any atom is 0.704 e. The molecule has 0 aromatic heterocycles. The molecule has 0 fully saturated rings. The topological polar surface area (TPSA) is 95.9 Å². The molecule has 0 saturated carbocycles. The van der Waals surface area contributed by atoms with Gasteiger partial charge in [-0.15, -0.1) is 4.89 Å². The van der Waals surface area contributed by atoms with Crippen LogP contribution in [0.25, 0.3) is 0 Å². The minimum absolute atomic E-state index is 0.278. The van der Waals surface area contributed by atoms with Crippen LogP contribution in [0.3, 0.4) is 0 Å². The number of hydrogen-bond donors (Lipinski definition) is 3. The van der Waals surface area contributed by atoms with Gasteiger partial charge in [0.25, 0.3) is 0 Å². The van der Waals surface area contributed by atoms with Crippen molar-refractivity contribution in [3.8, 4) is 0 Å². The van der Waals surface area contributed by atoms with Crippen molar-refractivity contribution in [1.29, 1.82) is 0 Å². The Morgan fingerprint density at radius 2 is 2.12 bits per heavy atom. The smallest absolute Gasteiger partial charge is 0.310 e. The van der Waals surface area contributed by atoms with Gasteiger partial charge in [0, 0.05) is 11.1 Å². The summed E-state index contributed by atoms with van der Waals surface area (Å²) < 4.78 is 25.5. The number of hydrogen-bond acceptors (Lipinski definition) is 3. The fourth-order valence-electron chi connectivity index (χ4n) is 1.31. The third-order valence-electron chi connectivity index (χ3n) is 2.30. The van der Waals surface area contributed by atoms with Gasteiger partial charge in [0.2, 0.25) is 0 Å². The fraction of sp³-hybridized carbons (Fsp3) is 1.00. The van der Waals surface area contributed by atoms with Crippen molar-refractivity contribution in [2.75, 3.05) is 6.54 Å². The predicted molar refractivity (Wildman–Crippen MR) is 62.0 cm³/mol. The molecule has 0 aromatic carbocycles. The second-order valence-corrected chi connectivity index (χ2v) is 6.10. The zero-order valence-corrected chi connectivity index (χ0v) is 11.4. The number of unbranched alkanes of at least 4 members (excludes halogenated alkanes) is 1.